The van der Waals surface area contributed by atoms with Crippen molar-refractivity contribution < 1.29 is 14.4 Å². The number of nitrogen functional groups attached to an aromatic ring is 1. The number of nitrogens with zero attached hydrogens (tertiary/aromatic N) is 1. The number of nitrogens with two attached hydrogens (primary N) is 3. The van der Waals surface area contributed by atoms with Gasteiger partial charge in [0.05, 0.1) is 5.92 Å². The van der Waals surface area contributed by atoms with Crippen molar-refractivity contribution in [1.82, 2.24) is 20.9 Å². The van der Waals surface area contributed by atoms with Crippen LogP contribution in [0.1, 0.15) is 47.4 Å². The van der Waals surface area contributed by atoms with Crippen LogP contribution in [0.15, 0.2) is 79.1 Å². The van der Waals surface area contributed by atoms with Gasteiger partial charge in [-0.2, -0.15) is 0 Å². The second-order valence-corrected chi connectivity index (χ2v) is 10.2. The van der Waals surface area contributed by atoms with Gasteiger partial charge in [-0.25, -0.2) is 0 Å². The lowest BCUT2D eigenvalue weighted by molar-refractivity contribution is -0.132. The molecular formula is C31H39N9O3. The van der Waals surface area contributed by atoms with E-state index >= 15 is 0 Å². The molecule has 11 N–H and O–H groups in total. The quantitative estimate of drug-likeness (QED) is 0.0691. The van der Waals surface area contributed by atoms with Gasteiger partial charge in [-0.15, -0.1) is 0 Å². The molecule has 3 amide bonds. The van der Waals surface area contributed by atoms with Gasteiger partial charge in [0.15, 0.2) is 5.96 Å². The van der Waals surface area contributed by atoms with Crippen LogP contribution < -0.4 is 33.2 Å². The Bertz CT molecular complexity index is 1380. The minimum absolute atomic E-state index is 0.0512. The van der Waals surface area contributed by atoms with Crippen LogP contribution in [0.3, 0.4) is 0 Å². The van der Waals surface area contributed by atoms with Crippen molar-refractivity contribution in [3.8, 4) is 0 Å². The number of carbonyl (C=O) groups excluding carboxylic acids is 3. The van der Waals surface area contributed by atoms with Crippen LogP contribution in [0, 0.1) is 10.8 Å². The summed E-state index contributed by atoms with van der Waals surface area (Å²) in [6.45, 7) is 0.337. The highest BCUT2D eigenvalue weighted by Crippen LogP contribution is 2.22. The van der Waals surface area contributed by atoms with E-state index in [9.17, 15) is 14.4 Å². The fraction of sp³-hybridized carbons (Fsp3) is 0.290. The molecule has 3 aromatic rings. The van der Waals surface area contributed by atoms with Crippen LogP contribution in [0.2, 0.25) is 0 Å². The average molecular weight is 586 g/mol. The number of pyridine rings is 1. The van der Waals surface area contributed by atoms with E-state index < -0.39 is 29.8 Å². The molecule has 226 valence electrons. The number of primary amides is 1. The number of aryl methyl sites for hydroxylation is 1. The molecule has 0 saturated carbocycles. The zero-order chi connectivity index (χ0) is 31.2. The average Bonchev–Trinajstić information content (AvgIpc) is 3.00. The zero-order valence-electron chi connectivity index (χ0n) is 23.9. The number of nitrogens with one attached hydrogen (secondary N) is 5. The number of benzene rings is 2. The largest absolute Gasteiger partial charge is 0.384 e. The molecule has 12 nitrogen and oxygen atoms in total. The third-order valence-corrected chi connectivity index (χ3v) is 6.95. The lowest BCUT2D eigenvalue weighted by atomic mass is 9.91. The number of amides is 3. The van der Waals surface area contributed by atoms with Crippen LogP contribution in [0.25, 0.3) is 0 Å². The minimum Gasteiger partial charge on any atom is -0.384 e. The van der Waals surface area contributed by atoms with Crippen molar-refractivity contribution in [2.45, 2.75) is 50.1 Å². The van der Waals surface area contributed by atoms with Gasteiger partial charge >= 0.3 is 0 Å². The van der Waals surface area contributed by atoms with Crippen molar-refractivity contribution in [3.63, 3.8) is 0 Å². The van der Waals surface area contributed by atoms with E-state index in [2.05, 4.69) is 20.9 Å². The fourth-order valence-corrected chi connectivity index (χ4v) is 4.58. The molecule has 43 heavy (non-hydrogen) atoms. The Labute approximate surface area is 250 Å². The highest BCUT2D eigenvalue weighted by atomic mass is 16.2. The number of hydrogen-bond donors (Lipinski definition) is 8. The first-order valence-electron chi connectivity index (χ1n) is 14.0. The maximum atomic E-state index is 13.8. The topological polar surface area (TPSA) is 226 Å². The Balaban J connectivity index is 1.81. The molecule has 0 fully saturated rings. The van der Waals surface area contributed by atoms with Gasteiger partial charge < -0.3 is 33.2 Å². The van der Waals surface area contributed by atoms with E-state index in [4.69, 9.17) is 28.0 Å². The molecule has 0 unspecified atom stereocenters. The van der Waals surface area contributed by atoms with Crippen molar-refractivity contribution in [2.75, 3.05) is 6.54 Å². The van der Waals surface area contributed by atoms with Gasteiger partial charge in [-0.1, -0.05) is 60.7 Å². The first kappa shape index (κ1) is 32.3. The minimum atomic E-state index is -0.966. The second-order valence-electron chi connectivity index (χ2n) is 10.2. The maximum Gasteiger partial charge on any atom is 0.243 e. The fourth-order valence-electron chi connectivity index (χ4n) is 4.58. The van der Waals surface area contributed by atoms with Crippen molar-refractivity contribution in [3.05, 3.63) is 101 Å². The zero-order valence-corrected chi connectivity index (χ0v) is 23.9. The predicted molar refractivity (Wildman–Crippen MR) is 165 cm³/mol. The van der Waals surface area contributed by atoms with Gasteiger partial charge in [0.1, 0.15) is 17.9 Å². The van der Waals surface area contributed by atoms with E-state index in [-0.39, 0.29) is 30.5 Å². The SMILES string of the molecule is N=C(N)NCCC[C@H](NC(=O)[C@H](CCc1ccccc1)NC(=O)[C@@H](Cc1ccc(C(=N)N)cc1)c1cccnc1)C(N)=O. The molecule has 0 spiro atoms. The molecule has 0 aliphatic heterocycles. The van der Waals surface area contributed by atoms with Crippen LogP contribution in [0.5, 0.6) is 0 Å². The molecule has 0 aliphatic carbocycles. The summed E-state index contributed by atoms with van der Waals surface area (Å²) in [4.78, 5) is 43.7. The summed E-state index contributed by atoms with van der Waals surface area (Å²) < 4.78 is 0. The molecule has 3 rings (SSSR count). The van der Waals surface area contributed by atoms with E-state index in [1.54, 1.807) is 36.7 Å². The number of aromatic nitrogens is 1. The van der Waals surface area contributed by atoms with Gasteiger partial charge in [-0.3, -0.25) is 30.2 Å². The van der Waals surface area contributed by atoms with Gasteiger partial charge in [-0.05, 0) is 54.9 Å². The molecule has 2 aromatic carbocycles. The van der Waals surface area contributed by atoms with E-state index in [0.717, 1.165) is 11.1 Å². The summed E-state index contributed by atoms with van der Waals surface area (Å²) in [5, 5.41) is 23.2. The predicted octanol–water partition coefficient (Wildman–Crippen LogP) is 1.04. The van der Waals surface area contributed by atoms with Crippen molar-refractivity contribution in [1.29, 1.82) is 10.8 Å². The molecular weight excluding hydrogens is 546 g/mol. The summed E-state index contributed by atoms with van der Waals surface area (Å²) in [6.07, 6.45) is 5.00. The highest BCUT2D eigenvalue weighted by Gasteiger charge is 2.29. The highest BCUT2D eigenvalue weighted by molar-refractivity contribution is 5.95. The van der Waals surface area contributed by atoms with Crippen LogP contribution in [-0.4, -0.2) is 53.1 Å². The number of hydrogen-bond acceptors (Lipinski definition) is 6. The van der Waals surface area contributed by atoms with E-state index in [1.165, 1.54) is 0 Å². The number of rotatable bonds is 16. The Morgan fingerprint density at radius 3 is 2.09 bits per heavy atom. The summed E-state index contributed by atoms with van der Waals surface area (Å²) in [7, 11) is 0. The molecule has 0 radical (unpaired) electrons. The molecule has 0 bridgehead atoms. The molecule has 0 aliphatic rings. The Hall–Kier alpha value is -5.26. The monoisotopic (exact) mass is 585 g/mol. The normalized spacial score (nSPS) is 12.7. The molecule has 1 aromatic heterocycles. The molecule has 12 heteroatoms. The van der Waals surface area contributed by atoms with E-state index in [1.807, 2.05) is 42.5 Å². The summed E-state index contributed by atoms with van der Waals surface area (Å²) in [5.74, 6) is -2.52. The van der Waals surface area contributed by atoms with Gasteiger partial charge in [0, 0.05) is 24.5 Å². The maximum absolute atomic E-state index is 13.8. The Morgan fingerprint density at radius 1 is 0.791 bits per heavy atom. The van der Waals surface area contributed by atoms with Crippen molar-refractivity contribution in [2.24, 2.45) is 17.2 Å². The van der Waals surface area contributed by atoms with Gasteiger partial charge in [0.25, 0.3) is 0 Å². The van der Waals surface area contributed by atoms with E-state index in [0.29, 0.717) is 36.9 Å². The number of carbonyl (C=O) groups is 3. The Kier molecular flexibility index (Phi) is 12.2. The third kappa shape index (κ3) is 10.6. The molecule has 3 atom stereocenters. The third-order valence-electron chi connectivity index (χ3n) is 6.95. The Morgan fingerprint density at radius 2 is 1.49 bits per heavy atom. The van der Waals surface area contributed by atoms with Crippen LogP contribution in [0.4, 0.5) is 0 Å². The second kappa shape index (κ2) is 16.2. The smallest absolute Gasteiger partial charge is 0.243 e. The first-order valence-corrected chi connectivity index (χ1v) is 14.0. The van der Waals surface area contributed by atoms with Crippen molar-refractivity contribution >= 4 is 29.5 Å². The first-order chi connectivity index (χ1) is 20.6. The van der Waals surface area contributed by atoms with Crippen LogP contribution >= 0.6 is 0 Å². The summed E-state index contributed by atoms with van der Waals surface area (Å²) >= 11 is 0. The van der Waals surface area contributed by atoms with Crippen LogP contribution in [-0.2, 0) is 27.2 Å². The summed E-state index contributed by atoms with van der Waals surface area (Å²) in [6, 6.07) is 18.3. The standard InChI is InChI=1S/C31H39N9O3/c32-27(33)22-13-10-21(11-14-22)18-24(23-8-4-16-37-19-23)29(42)40-26(15-12-20-6-2-1-3-7-20)30(43)39-25(28(34)41)9-5-17-38-31(35)36/h1-4,6-8,10-11,13-14,16,19,24-26H,5,9,12,15,17-18H2,(H3,32,33)(H2,34,41)(H,39,43)(H,40,42)(H4,35,36,38)/t24-,25-,26-/m0/s1. The summed E-state index contributed by atoms with van der Waals surface area (Å²) in [5.41, 5.74) is 19.5. The number of amidine groups is 1. The van der Waals surface area contributed by atoms with Gasteiger partial charge in [0.2, 0.25) is 17.7 Å². The molecule has 0 saturated heterocycles. The lowest BCUT2D eigenvalue weighted by Gasteiger charge is -2.25. The molecule has 1 heterocycles. The lowest BCUT2D eigenvalue weighted by Crippen LogP contribution is -2.54. The number of guanidine groups is 1.